The summed E-state index contributed by atoms with van der Waals surface area (Å²) in [4.78, 5) is 13.1. The second-order valence-electron chi connectivity index (χ2n) is 8.57. The highest BCUT2D eigenvalue weighted by Crippen LogP contribution is 2.45. The van der Waals surface area contributed by atoms with E-state index in [-0.39, 0.29) is 23.1 Å². The number of hydrogen-bond acceptors (Lipinski definition) is 3. The average Bonchev–Trinajstić information content (AvgIpc) is 2.71. The van der Waals surface area contributed by atoms with E-state index in [1.165, 1.54) is 23.3 Å². The minimum atomic E-state index is -0.292. The van der Waals surface area contributed by atoms with Crippen LogP contribution in [0.1, 0.15) is 49.4 Å². The van der Waals surface area contributed by atoms with Gasteiger partial charge in [-0.25, -0.2) is 4.39 Å². The van der Waals surface area contributed by atoms with Crippen LogP contribution in [0, 0.1) is 25.1 Å². The number of anilines is 2. The number of Topliss-reactive ketones (excluding diaryl/α,β-unsaturated/α-hetero) is 1. The molecule has 1 aliphatic heterocycles. The van der Waals surface area contributed by atoms with E-state index in [0.717, 1.165) is 34.6 Å². The summed E-state index contributed by atoms with van der Waals surface area (Å²) >= 11 is 0. The molecule has 140 valence electrons. The lowest BCUT2D eigenvalue weighted by molar-refractivity contribution is -0.118. The number of nitrogens with one attached hydrogen (secondary N) is 2. The van der Waals surface area contributed by atoms with Gasteiger partial charge in [-0.05, 0) is 66.6 Å². The third kappa shape index (κ3) is 3.25. The Balaban J connectivity index is 1.90. The normalized spacial score (nSPS) is 20.9. The SMILES string of the molecule is Cc1cc2c(cc1C)N[C@@H](c1ccc(F)cc1)C1=C(CC(C)(C)CC1=O)N2. The zero-order valence-corrected chi connectivity index (χ0v) is 16.2. The maximum absolute atomic E-state index is 13.5. The summed E-state index contributed by atoms with van der Waals surface area (Å²) < 4.78 is 13.5. The smallest absolute Gasteiger partial charge is 0.163 e. The van der Waals surface area contributed by atoms with Crippen molar-refractivity contribution in [2.45, 2.75) is 46.6 Å². The summed E-state index contributed by atoms with van der Waals surface area (Å²) in [6, 6.07) is 10.4. The van der Waals surface area contributed by atoms with Crippen molar-refractivity contribution in [3.63, 3.8) is 0 Å². The average molecular weight is 364 g/mol. The Morgan fingerprint density at radius 3 is 2.30 bits per heavy atom. The molecular formula is C23H25FN2O. The predicted octanol–water partition coefficient (Wildman–Crippen LogP) is 5.66. The highest BCUT2D eigenvalue weighted by Gasteiger charge is 2.38. The van der Waals surface area contributed by atoms with Gasteiger partial charge in [-0.2, -0.15) is 0 Å². The summed E-state index contributed by atoms with van der Waals surface area (Å²) in [5.41, 5.74) is 6.89. The molecule has 3 nitrogen and oxygen atoms in total. The highest BCUT2D eigenvalue weighted by molar-refractivity contribution is 6.01. The first kappa shape index (κ1) is 17.8. The molecule has 1 heterocycles. The molecule has 0 unspecified atom stereocenters. The van der Waals surface area contributed by atoms with Crippen molar-refractivity contribution in [1.29, 1.82) is 0 Å². The Hall–Kier alpha value is -2.62. The van der Waals surface area contributed by atoms with E-state index in [0.29, 0.717) is 6.42 Å². The Bertz CT molecular complexity index is 957. The van der Waals surface area contributed by atoms with Crippen molar-refractivity contribution >= 4 is 17.2 Å². The Kier molecular flexibility index (Phi) is 4.10. The fourth-order valence-electron chi connectivity index (χ4n) is 4.12. The molecule has 0 aromatic heterocycles. The number of carbonyl (C=O) groups excluding carboxylic acids is 1. The van der Waals surface area contributed by atoms with E-state index in [9.17, 15) is 9.18 Å². The van der Waals surface area contributed by atoms with Gasteiger partial charge in [-0.3, -0.25) is 4.79 Å². The highest BCUT2D eigenvalue weighted by atomic mass is 19.1. The van der Waals surface area contributed by atoms with Crippen LogP contribution in [0.25, 0.3) is 0 Å². The lowest BCUT2D eigenvalue weighted by atomic mass is 9.73. The fraction of sp³-hybridized carbons (Fsp3) is 0.348. The lowest BCUT2D eigenvalue weighted by Gasteiger charge is -2.34. The number of aryl methyl sites for hydroxylation is 2. The minimum absolute atomic E-state index is 0.0828. The Morgan fingerprint density at radius 1 is 1.00 bits per heavy atom. The van der Waals surface area contributed by atoms with Gasteiger partial charge in [0, 0.05) is 17.7 Å². The first-order valence-corrected chi connectivity index (χ1v) is 9.40. The van der Waals surface area contributed by atoms with Crippen LogP contribution in [0.5, 0.6) is 0 Å². The van der Waals surface area contributed by atoms with Gasteiger partial charge in [-0.15, -0.1) is 0 Å². The van der Waals surface area contributed by atoms with Gasteiger partial charge < -0.3 is 10.6 Å². The molecule has 0 spiro atoms. The number of halogens is 1. The molecule has 4 heteroatoms. The first-order chi connectivity index (χ1) is 12.7. The van der Waals surface area contributed by atoms with Crippen molar-refractivity contribution in [2.24, 2.45) is 5.41 Å². The molecular weight excluding hydrogens is 339 g/mol. The van der Waals surface area contributed by atoms with Gasteiger partial charge in [0.25, 0.3) is 0 Å². The second kappa shape index (κ2) is 6.22. The van der Waals surface area contributed by atoms with Crippen LogP contribution in [0.2, 0.25) is 0 Å². The summed E-state index contributed by atoms with van der Waals surface area (Å²) in [6.45, 7) is 8.42. The van der Waals surface area contributed by atoms with Gasteiger partial charge in [0.05, 0.1) is 17.4 Å². The fourth-order valence-corrected chi connectivity index (χ4v) is 4.12. The molecule has 2 aromatic carbocycles. The topological polar surface area (TPSA) is 41.1 Å². The van der Waals surface area contributed by atoms with E-state index in [1.54, 1.807) is 12.1 Å². The number of benzene rings is 2. The summed E-state index contributed by atoms with van der Waals surface area (Å²) in [5, 5.41) is 7.11. The molecule has 0 bridgehead atoms. The van der Waals surface area contributed by atoms with Crippen molar-refractivity contribution in [2.75, 3.05) is 10.6 Å². The zero-order chi connectivity index (χ0) is 19.3. The molecule has 0 saturated heterocycles. The maximum atomic E-state index is 13.5. The Morgan fingerprint density at radius 2 is 1.63 bits per heavy atom. The predicted molar refractivity (Wildman–Crippen MR) is 107 cm³/mol. The molecule has 1 aliphatic carbocycles. The monoisotopic (exact) mass is 364 g/mol. The van der Waals surface area contributed by atoms with Crippen LogP contribution in [0.3, 0.4) is 0 Å². The minimum Gasteiger partial charge on any atom is -0.372 e. The molecule has 2 aliphatic rings. The largest absolute Gasteiger partial charge is 0.372 e. The number of allylic oxidation sites excluding steroid dienone is 1. The number of ketones is 1. The van der Waals surface area contributed by atoms with E-state index in [1.807, 2.05) is 0 Å². The van der Waals surface area contributed by atoms with Crippen LogP contribution >= 0.6 is 0 Å². The molecule has 1 atom stereocenters. The summed E-state index contributed by atoms with van der Waals surface area (Å²) in [6.07, 6.45) is 1.32. The first-order valence-electron chi connectivity index (χ1n) is 9.40. The quantitative estimate of drug-likeness (QED) is 0.685. The summed E-state index contributed by atoms with van der Waals surface area (Å²) in [7, 11) is 0. The lowest BCUT2D eigenvalue weighted by Crippen LogP contribution is -2.31. The van der Waals surface area contributed by atoms with Crippen LogP contribution in [0.15, 0.2) is 47.7 Å². The van der Waals surface area contributed by atoms with Crippen molar-refractivity contribution in [3.8, 4) is 0 Å². The number of hydrogen-bond donors (Lipinski definition) is 2. The zero-order valence-electron chi connectivity index (χ0n) is 16.2. The third-order valence-corrected chi connectivity index (χ3v) is 5.63. The molecule has 0 saturated carbocycles. The van der Waals surface area contributed by atoms with Crippen LogP contribution in [-0.4, -0.2) is 5.78 Å². The van der Waals surface area contributed by atoms with Gasteiger partial charge in [0.1, 0.15) is 5.82 Å². The number of carbonyl (C=O) groups is 1. The van der Waals surface area contributed by atoms with Gasteiger partial charge in [0.2, 0.25) is 0 Å². The molecule has 0 fully saturated rings. The summed E-state index contributed by atoms with van der Waals surface area (Å²) in [5.74, 6) is -0.125. The standard InChI is InChI=1S/C23H25FN2O/c1-13-9-17-18(10-14(13)2)26-22(15-5-7-16(24)8-6-15)21-19(25-17)11-23(3,4)12-20(21)27/h5-10,22,25-26H,11-12H2,1-4H3/t22-/m0/s1. The van der Waals surface area contributed by atoms with Crippen molar-refractivity contribution in [3.05, 3.63) is 70.2 Å². The molecule has 27 heavy (non-hydrogen) atoms. The Labute approximate surface area is 159 Å². The molecule has 0 radical (unpaired) electrons. The number of fused-ring (bicyclic) bond motifs is 1. The maximum Gasteiger partial charge on any atom is 0.163 e. The van der Waals surface area contributed by atoms with Crippen molar-refractivity contribution in [1.82, 2.24) is 0 Å². The molecule has 0 amide bonds. The van der Waals surface area contributed by atoms with E-state index < -0.39 is 0 Å². The van der Waals surface area contributed by atoms with Crippen LogP contribution in [-0.2, 0) is 4.79 Å². The van der Waals surface area contributed by atoms with E-state index in [4.69, 9.17) is 0 Å². The van der Waals surface area contributed by atoms with Crippen LogP contribution < -0.4 is 10.6 Å². The molecule has 4 rings (SSSR count). The van der Waals surface area contributed by atoms with E-state index >= 15 is 0 Å². The van der Waals surface area contributed by atoms with Gasteiger partial charge in [0.15, 0.2) is 5.78 Å². The molecule has 2 aromatic rings. The van der Waals surface area contributed by atoms with Gasteiger partial charge in [-0.1, -0.05) is 26.0 Å². The van der Waals surface area contributed by atoms with Crippen molar-refractivity contribution < 1.29 is 9.18 Å². The molecule has 2 N–H and O–H groups in total. The number of rotatable bonds is 1. The van der Waals surface area contributed by atoms with Gasteiger partial charge >= 0.3 is 0 Å². The van der Waals surface area contributed by atoms with E-state index in [2.05, 4.69) is 50.5 Å². The van der Waals surface area contributed by atoms with Crippen LogP contribution in [0.4, 0.5) is 15.8 Å². The third-order valence-electron chi connectivity index (χ3n) is 5.63. The second-order valence-corrected chi connectivity index (χ2v) is 8.57.